The molecule has 0 saturated carbocycles. The van der Waals surface area contributed by atoms with E-state index in [2.05, 4.69) is 4.99 Å². The van der Waals surface area contributed by atoms with Crippen LogP contribution in [0.5, 0.6) is 0 Å². The Morgan fingerprint density at radius 3 is 2.65 bits per heavy atom. The third kappa shape index (κ3) is 2.55. The number of imide groups is 1. The second kappa shape index (κ2) is 5.97. The fourth-order valence-corrected chi connectivity index (χ4v) is 2.97. The summed E-state index contributed by atoms with van der Waals surface area (Å²) in [6.45, 7) is 1.84. The van der Waals surface area contributed by atoms with E-state index in [0.29, 0.717) is 21.8 Å². The van der Waals surface area contributed by atoms with Crippen LogP contribution in [0.4, 0.5) is 5.69 Å². The van der Waals surface area contributed by atoms with Gasteiger partial charge in [0.2, 0.25) is 5.91 Å². The summed E-state index contributed by atoms with van der Waals surface area (Å²) in [5.41, 5.74) is 2.51. The first kappa shape index (κ1) is 15.4. The third-order valence-corrected chi connectivity index (χ3v) is 4.16. The van der Waals surface area contributed by atoms with Gasteiger partial charge in [0, 0.05) is 23.8 Å². The lowest BCUT2D eigenvalue weighted by molar-refractivity contribution is -0.118. The Bertz CT molecular complexity index is 830. The van der Waals surface area contributed by atoms with Crippen molar-refractivity contribution in [1.82, 2.24) is 0 Å². The second-order valence-corrected chi connectivity index (χ2v) is 5.82. The molecule has 0 unspecified atom stereocenters. The summed E-state index contributed by atoms with van der Waals surface area (Å²) in [5.74, 6) is -1.23. The lowest BCUT2D eigenvalue weighted by Gasteiger charge is -2.31. The minimum absolute atomic E-state index is 0.315. The highest BCUT2D eigenvalue weighted by atomic mass is 35.5. The van der Waals surface area contributed by atoms with Gasteiger partial charge in [0.05, 0.1) is 11.6 Å². The van der Waals surface area contributed by atoms with E-state index < -0.39 is 5.92 Å². The molecule has 0 fully saturated rings. The molecule has 116 valence electrons. The first-order valence-electron chi connectivity index (χ1n) is 7.20. The Balaban J connectivity index is 2.21. The highest BCUT2D eigenvalue weighted by molar-refractivity contribution is 6.32. The van der Waals surface area contributed by atoms with E-state index in [0.717, 1.165) is 5.56 Å². The molecule has 0 aliphatic carbocycles. The smallest absolute Gasteiger partial charge is 0.265 e. The zero-order chi connectivity index (χ0) is 16.6. The first-order chi connectivity index (χ1) is 11.0. The maximum atomic E-state index is 12.9. The molecule has 2 aromatic rings. The van der Waals surface area contributed by atoms with E-state index in [1.807, 2.05) is 13.0 Å². The minimum atomic E-state index is -0.577. The van der Waals surface area contributed by atoms with Gasteiger partial charge < -0.3 is 0 Å². The van der Waals surface area contributed by atoms with Crippen LogP contribution < -0.4 is 4.90 Å². The Kier molecular flexibility index (Phi) is 4.01. The molecule has 0 N–H and O–H groups in total. The van der Waals surface area contributed by atoms with E-state index in [9.17, 15) is 9.59 Å². The van der Waals surface area contributed by atoms with Crippen molar-refractivity contribution in [3.8, 4) is 0 Å². The van der Waals surface area contributed by atoms with Crippen LogP contribution in [0.25, 0.3) is 0 Å². The summed E-state index contributed by atoms with van der Waals surface area (Å²) < 4.78 is 0. The monoisotopic (exact) mass is 326 g/mol. The number of aliphatic imine (C=N–C) groups is 1. The maximum absolute atomic E-state index is 12.9. The third-order valence-electron chi connectivity index (χ3n) is 3.93. The van der Waals surface area contributed by atoms with Crippen LogP contribution in [0.1, 0.15) is 27.4 Å². The van der Waals surface area contributed by atoms with Crippen LogP contribution in [0.3, 0.4) is 0 Å². The molecule has 1 aliphatic heterocycles. The van der Waals surface area contributed by atoms with E-state index in [-0.39, 0.29) is 11.8 Å². The largest absolute Gasteiger partial charge is 0.300 e. The van der Waals surface area contributed by atoms with Crippen LogP contribution in [0.2, 0.25) is 5.02 Å². The molecule has 4 nitrogen and oxygen atoms in total. The average Bonchev–Trinajstić information content (AvgIpc) is 2.55. The Morgan fingerprint density at radius 2 is 1.91 bits per heavy atom. The number of aryl methyl sites for hydroxylation is 1. The Morgan fingerprint density at radius 1 is 1.17 bits per heavy atom. The molecule has 0 spiro atoms. The van der Waals surface area contributed by atoms with Crippen molar-refractivity contribution in [1.29, 1.82) is 0 Å². The quantitative estimate of drug-likeness (QED) is 0.625. The summed E-state index contributed by atoms with van der Waals surface area (Å²) in [5, 5.41) is 0.478. The molecule has 1 atom stereocenters. The van der Waals surface area contributed by atoms with Gasteiger partial charge in [-0.25, -0.2) is 4.90 Å². The van der Waals surface area contributed by atoms with Crippen molar-refractivity contribution in [3.63, 3.8) is 0 Å². The zero-order valence-electron chi connectivity index (χ0n) is 12.8. The lowest BCUT2D eigenvalue weighted by atomic mass is 9.88. The van der Waals surface area contributed by atoms with Gasteiger partial charge >= 0.3 is 0 Å². The molecule has 3 rings (SSSR count). The van der Waals surface area contributed by atoms with Gasteiger partial charge in [-0.15, -0.1) is 0 Å². The van der Waals surface area contributed by atoms with Crippen molar-refractivity contribution in [2.75, 3.05) is 11.9 Å². The van der Waals surface area contributed by atoms with Gasteiger partial charge in [0.1, 0.15) is 0 Å². The van der Waals surface area contributed by atoms with Crippen LogP contribution in [0.15, 0.2) is 47.5 Å². The van der Waals surface area contributed by atoms with Gasteiger partial charge in [-0.3, -0.25) is 14.6 Å². The molecule has 0 radical (unpaired) electrons. The number of hydrogen-bond acceptors (Lipinski definition) is 3. The predicted octanol–water partition coefficient (Wildman–Crippen LogP) is 3.62. The van der Waals surface area contributed by atoms with Gasteiger partial charge in [-0.1, -0.05) is 35.9 Å². The SMILES string of the molecule is CN=C[C@@H]1C(=O)N(c2cc(Cl)ccc2C)C(=O)c2ccccc21. The van der Waals surface area contributed by atoms with Crippen LogP contribution in [-0.4, -0.2) is 25.1 Å². The molecule has 0 bridgehead atoms. The summed E-state index contributed by atoms with van der Waals surface area (Å²) in [6, 6.07) is 12.3. The number of carbonyl (C=O) groups excluding carboxylic acids is 2. The highest BCUT2D eigenvalue weighted by Crippen LogP contribution is 2.34. The summed E-state index contributed by atoms with van der Waals surface area (Å²) in [4.78, 5) is 31.0. The van der Waals surface area contributed by atoms with E-state index in [1.165, 1.54) is 4.90 Å². The molecule has 0 aromatic heterocycles. The minimum Gasteiger partial charge on any atom is -0.300 e. The number of hydrogen-bond donors (Lipinski definition) is 0. The zero-order valence-corrected chi connectivity index (χ0v) is 13.5. The molecular formula is C18H15ClN2O2. The van der Waals surface area contributed by atoms with Gasteiger partial charge in [-0.2, -0.15) is 0 Å². The van der Waals surface area contributed by atoms with Crippen LogP contribution in [-0.2, 0) is 4.79 Å². The number of fused-ring (bicyclic) bond motifs is 1. The first-order valence-corrected chi connectivity index (χ1v) is 7.58. The summed E-state index contributed by atoms with van der Waals surface area (Å²) >= 11 is 6.05. The lowest BCUT2D eigenvalue weighted by Crippen LogP contribution is -2.45. The number of carbonyl (C=O) groups is 2. The topological polar surface area (TPSA) is 49.7 Å². The van der Waals surface area contributed by atoms with Crippen molar-refractivity contribution in [3.05, 3.63) is 64.2 Å². The molecular weight excluding hydrogens is 312 g/mol. The fraction of sp³-hybridized carbons (Fsp3) is 0.167. The maximum Gasteiger partial charge on any atom is 0.265 e. The number of anilines is 1. The highest BCUT2D eigenvalue weighted by Gasteiger charge is 2.39. The molecule has 23 heavy (non-hydrogen) atoms. The van der Waals surface area contributed by atoms with Crippen molar-refractivity contribution < 1.29 is 9.59 Å². The van der Waals surface area contributed by atoms with Crippen molar-refractivity contribution >= 4 is 35.3 Å². The van der Waals surface area contributed by atoms with Gasteiger partial charge in [0.15, 0.2) is 0 Å². The molecule has 1 heterocycles. The average molecular weight is 327 g/mol. The normalized spacial score (nSPS) is 17.7. The number of halogens is 1. The molecule has 1 aliphatic rings. The van der Waals surface area contributed by atoms with E-state index >= 15 is 0 Å². The number of benzene rings is 2. The molecule has 2 aromatic carbocycles. The number of amides is 2. The summed E-state index contributed by atoms with van der Waals surface area (Å²) in [7, 11) is 1.61. The molecule has 0 saturated heterocycles. The van der Waals surface area contributed by atoms with Crippen LogP contribution >= 0.6 is 11.6 Å². The summed E-state index contributed by atoms with van der Waals surface area (Å²) in [6.07, 6.45) is 1.57. The Labute approximate surface area is 139 Å². The standard InChI is InChI=1S/C18H15ClN2O2/c1-11-7-8-12(19)9-16(11)21-17(22)14-6-4-3-5-13(14)15(10-20-2)18(21)23/h3-10,15H,1-2H3/t15-/m0/s1. The van der Waals surface area contributed by atoms with Crippen LogP contribution in [0, 0.1) is 6.92 Å². The van der Waals surface area contributed by atoms with E-state index in [1.54, 1.807) is 49.7 Å². The fourth-order valence-electron chi connectivity index (χ4n) is 2.80. The van der Waals surface area contributed by atoms with Gasteiger partial charge in [0.25, 0.3) is 5.91 Å². The molecule has 2 amide bonds. The predicted molar refractivity (Wildman–Crippen MR) is 91.6 cm³/mol. The van der Waals surface area contributed by atoms with Crippen molar-refractivity contribution in [2.24, 2.45) is 4.99 Å². The number of rotatable bonds is 2. The van der Waals surface area contributed by atoms with E-state index in [4.69, 9.17) is 11.6 Å². The van der Waals surface area contributed by atoms with Crippen molar-refractivity contribution in [2.45, 2.75) is 12.8 Å². The van der Waals surface area contributed by atoms with Gasteiger partial charge in [-0.05, 0) is 36.2 Å². The molecule has 5 heteroatoms. The Hall–Kier alpha value is -2.46. The number of nitrogens with zero attached hydrogens (tertiary/aromatic N) is 2. The second-order valence-electron chi connectivity index (χ2n) is 5.38.